The molecule has 1 aromatic carbocycles. The lowest BCUT2D eigenvalue weighted by Gasteiger charge is -1.95. The number of thioether (sulfide) groups is 1. The molecule has 0 aliphatic heterocycles. The van der Waals surface area contributed by atoms with Gasteiger partial charge in [0, 0.05) is 9.60 Å². The summed E-state index contributed by atoms with van der Waals surface area (Å²) < 4.78 is 6.11. The minimum atomic E-state index is -0.227. The average molecular weight is 252 g/mol. The van der Waals surface area contributed by atoms with E-state index in [4.69, 9.17) is 4.74 Å². The zero-order valence-electron chi connectivity index (χ0n) is 9.15. The summed E-state index contributed by atoms with van der Waals surface area (Å²) in [5.74, 6) is -0.227. The van der Waals surface area contributed by atoms with Gasteiger partial charge >= 0.3 is 5.97 Å². The van der Waals surface area contributed by atoms with Crippen LogP contribution in [0.2, 0.25) is 0 Å². The van der Waals surface area contributed by atoms with E-state index in [0.717, 1.165) is 10.1 Å². The van der Waals surface area contributed by atoms with Gasteiger partial charge in [0.2, 0.25) is 0 Å². The van der Waals surface area contributed by atoms with E-state index in [2.05, 4.69) is 18.2 Å². The summed E-state index contributed by atoms with van der Waals surface area (Å²) >= 11 is 3.18. The number of ether oxygens (including phenoxy) is 1. The van der Waals surface area contributed by atoms with Crippen LogP contribution < -0.4 is 0 Å². The fourth-order valence-corrected chi connectivity index (χ4v) is 2.84. The van der Waals surface area contributed by atoms with Gasteiger partial charge in [-0.2, -0.15) is 0 Å². The smallest absolute Gasteiger partial charge is 0.348 e. The van der Waals surface area contributed by atoms with E-state index in [9.17, 15) is 4.79 Å². The molecular formula is C12H12O2S2. The summed E-state index contributed by atoms with van der Waals surface area (Å²) in [6, 6.07) is 8.12. The molecule has 2 aromatic rings. The van der Waals surface area contributed by atoms with Gasteiger partial charge in [0.15, 0.2) is 0 Å². The lowest BCUT2D eigenvalue weighted by Crippen LogP contribution is -2.01. The number of benzene rings is 1. The van der Waals surface area contributed by atoms with Crippen LogP contribution in [0.4, 0.5) is 0 Å². The molecule has 1 heterocycles. The van der Waals surface area contributed by atoms with Gasteiger partial charge in [-0.25, -0.2) is 4.79 Å². The highest BCUT2D eigenvalue weighted by Crippen LogP contribution is 2.29. The van der Waals surface area contributed by atoms with Crippen molar-refractivity contribution in [1.82, 2.24) is 0 Å². The number of fused-ring (bicyclic) bond motifs is 1. The van der Waals surface area contributed by atoms with Crippen molar-refractivity contribution in [1.29, 1.82) is 0 Å². The Labute approximate surface area is 103 Å². The number of esters is 1. The zero-order chi connectivity index (χ0) is 11.5. The number of rotatable bonds is 3. The minimum Gasteiger partial charge on any atom is -0.462 e. The Morgan fingerprint density at radius 3 is 2.94 bits per heavy atom. The molecule has 0 spiro atoms. The molecule has 0 fully saturated rings. The Kier molecular flexibility index (Phi) is 3.51. The third-order valence-electron chi connectivity index (χ3n) is 2.20. The number of carbonyl (C=O) groups excluding carboxylic acids is 1. The Morgan fingerprint density at radius 1 is 1.44 bits per heavy atom. The molecule has 0 radical (unpaired) electrons. The van der Waals surface area contributed by atoms with Crippen molar-refractivity contribution in [3.8, 4) is 0 Å². The summed E-state index contributed by atoms with van der Waals surface area (Å²) in [5.41, 5.74) is 0. The first-order valence-corrected chi connectivity index (χ1v) is 7.03. The second kappa shape index (κ2) is 4.89. The van der Waals surface area contributed by atoms with Crippen LogP contribution in [0.15, 0.2) is 29.2 Å². The molecule has 16 heavy (non-hydrogen) atoms. The quantitative estimate of drug-likeness (QED) is 0.614. The van der Waals surface area contributed by atoms with Crippen molar-refractivity contribution in [3.05, 3.63) is 29.1 Å². The SMILES string of the molecule is CCOC(=O)c1cc2cc(SC)ccc2s1. The van der Waals surface area contributed by atoms with E-state index in [1.54, 1.807) is 11.8 Å². The molecular weight excluding hydrogens is 240 g/mol. The summed E-state index contributed by atoms with van der Waals surface area (Å²) in [6.07, 6.45) is 2.04. The van der Waals surface area contributed by atoms with Gasteiger partial charge in [-0.05, 0) is 42.8 Å². The van der Waals surface area contributed by atoms with Crippen LogP contribution in [-0.4, -0.2) is 18.8 Å². The fraction of sp³-hybridized carbons (Fsp3) is 0.250. The van der Waals surface area contributed by atoms with Crippen molar-refractivity contribution in [2.75, 3.05) is 12.9 Å². The molecule has 0 aliphatic carbocycles. The van der Waals surface area contributed by atoms with Crippen molar-refractivity contribution in [2.24, 2.45) is 0 Å². The standard InChI is InChI=1S/C12H12O2S2/c1-3-14-12(13)11-7-8-6-9(15-2)4-5-10(8)16-11/h4-7H,3H2,1-2H3. The van der Waals surface area contributed by atoms with E-state index < -0.39 is 0 Å². The van der Waals surface area contributed by atoms with Crippen LogP contribution in [0.1, 0.15) is 16.6 Å². The molecule has 0 bridgehead atoms. The van der Waals surface area contributed by atoms with Crippen LogP contribution >= 0.6 is 23.1 Å². The normalized spacial score (nSPS) is 10.6. The number of thiophene rings is 1. The third-order valence-corrected chi connectivity index (χ3v) is 4.02. The van der Waals surface area contributed by atoms with Gasteiger partial charge in [0.25, 0.3) is 0 Å². The summed E-state index contributed by atoms with van der Waals surface area (Å²) in [7, 11) is 0. The lowest BCUT2D eigenvalue weighted by atomic mass is 10.2. The van der Waals surface area contributed by atoms with Gasteiger partial charge in [0.1, 0.15) is 4.88 Å². The van der Waals surface area contributed by atoms with Crippen LogP contribution in [0, 0.1) is 0 Å². The minimum absolute atomic E-state index is 0.227. The maximum Gasteiger partial charge on any atom is 0.348 e. The summed E-state index contributed by atoms with van der Waals surface area (Å²) in [6.45, 7) is 2.24. The molecule has 84 valence electrons. The number of hydrogen-bond acceptors (Lipinski definition) is 4. The van der Waals surface area contributed by atoms with E-state index in [1.165, 1.54) is 16.2 Å². The van der Waals surface area contributed by atoms with Gasteiger partial charge in [-0.15, -0.1) is 23.1 Å². The van der Waals surface area contributed by atoms with Crippen molar-refractivity contribution in [3.63, 3.8) is 0 Å². The molecule has 0 saturated carbocycles. The molecule has 0 atom stereocenters. The Hall–Kier alpha value is -1.00. The topological polar surface area (TPSA) is 26.3 Å². The Balaban J connectivity index is 2.39. The predicted molar refractivity (Wildman–Crippen MR) is 69.6 cm³/mol. The van der Waals surface area contributed by atoms with E-state index in [0.29, 0.717) is 11.5 Å². The second-order valence-electron chi connectivity index (χ2n) is 3.23. The van der Waals surface area contributed by atoms with Crippen LogP contribution in [-0.2, 0) is 4.74 Å². The predicted octanol–water partition coefficient (Wildman–Crippen LogP) is 3.80. The fourth-order valence-electron chi connectivity index (χ4n) is 1.45. The molecule has 2 rings (SSSR count). The molecule has 0 aliphatic rings. The Morgan fingerprint density at radius 2 is 2.25 bits per heavy atom. The summed E-state index contributed by atoms with van der Waals surface area (Å²) in [5, 5.41) is 1.11. The molecule has 2 nitrogen and oxygen atoms in total. The number of carbonyl (C=O) groups is 1. The molecule has 0 amide bonds. The second-order valence-corrected chi connectivity index (χ2v) is 5.20. The zero-order valence-corrected chi connectivity index (χ0v) is 10.8. The summed E-state index contributed by atoms with van der Waals surface area (Å²) in [4.78, 5) is 13.4. The van der Waals surface area contributed by atoms with Gasteiger partial charge in [-0.1, -0.05) is 0 Å². The highest BCUT2D eigenvalue weighted by molar-refractivity contribution is 7.98. The van der Waals surface area contributed by atoms with Gasteiger partial charge < -0.3 is 4.74 Å². The Bertz CT molecular complexity index is 517. The third kappa shape index (κ3) is 2.23. The maximum atomic E-state index is 11.6. The molecule has 0 saturated heterocycles. The molecule has 4 heteroatoms. The molecule has 1 aromatic heterocycles. The van der Waals surface area contributed by atoms with E-state index in [-0.39, 0.29) is 5.97 Å². The van der Waals surface area contributed by atoms with E-state index in [1.807, 2.05) is 19.2 Å². The monoisotopic (exact) mass is 252 g/mol. The van der Waals surface area contributed by atoms with Crippen molar-refractivity contribution in [2.45, 2.75) is 11.8 Å². The van der Waals surface area contributed by atoms with Crippen molar-refractivity contribution < 1.29 is 9.53 Å². The number of hydrogen-bond donors (Lipinski definition) is 0. The van der Waals surface area contributed by atoms with Crippen molar-refractivity contribution >= 4 is 39.2 Å². The maximum absolute atomic E-state index is 11.6. The van der Waals surface area contributed by atoms with Crippen LogP contribution in [0.5, 0.6) is 0 Å². The van der Waals surface area contributed by atoms with Crippen LogP contribution in [0.25, 0.3) is 10.1 Å². The highest BCUT2D eigenvalue weighted by atomic mass is 32.2. The van der Waals surface area contributed by atoms with Gasteiger partial charge in [-0.3, -0.25) is 0 Å². The lowest BCUT2D eigenvalue weighted by molar-refractivity contribution is 0.0532. The molecule has 0 unspecified atom stereocenters. The first-order valence-electron chi connectivity index (χ1n) is 4.99. The van der Waals surface area contributed by atoms with Crippen LogP contribution in [0.3, 0.4) is 0 Å². The highest BCUT2D eigenvalue weighted by Gasteiger charge is 2.10. The van der Waals surface area contributed by atoms with E-state index >= 15 is 0 Å². The average Bonchev–Trinajstić information content (AvgIpc) is 2.71. The largest absolute Gasteiger partial charge is 0.462 e. The van der Waals surface area contributed by atoms with Gasteiger partial charge in [0.05, 0.1) is 6.61 Å². The first kappa shape index (κ1) is 11.5. The molecule has 0 N–H and O–H groups in total. The first-order chi connectivity index (χ1) is 7.74.